The first-order valence-corrected chi connectivity index (χ1v) is 8.01. The third-order valence-corrected chi connectivity index (χ3v) is 4.37. The molecule has 2 aromatic carbocycles. The first-order chi connectivity index (χ1) is 9.79. The highest BCUT2D eigenvalue weighted by molar-refractivity contribution is 7.89. The molecule has 0 heterocycles. The van der Waals surface area contributed by atoms with E-state index < -0.39 is 10.0 Å². The van der Waals surface area contributed by atoms with E-state index in [1.807, 2.05) is 42.3 Å². The summed E-state index contributed by atoms with van der Waals surface area (Å²) in [5, 5.41) is 5.25. The van der Waals surface area contributed by atoms with E-state index in [2.05, 4.69) is 0 Å². The first kappa shape index (κ1) is 15.3. The van der Waals surface area contributed by atoms with E-state index in [0.29, 0.717) is 17.8 Å². The Labute approximate surface area is 125 Å². The second-order valence-electron chi connectivity index (χ2n) is 5.05. The average molecular weight is 305 g/mol. The molecule has 0 saturated heterocycles. The van der Waals surface area contributed by atoms with Crippen molar-refractivity contribution in [3.8, 4) is 0 Å². The van der Waals surface area contributed by atoms with Gasteiger partial charge in [-0.25, -0.2) is 13.6 Å². The fraction of sp³-hybridized carbons (Fsp3) is 0.200. The summed E-state index contributed by atoms with van der Waals surface area (Å²) < 4.78 is 23.3. The number of sulfonamides is 1. The Bertz CT molecular complexity index is 743. The third kappa shape index (κ3) is 3.53. The van der Waals surface area contributed by atoms with Gasteiger partial charge in [0.15, 0.2) is 0 Å². The molecule has 0 atom stereocenters. The van der Waals surface area contributed by atoms with Crippen LogP contribution in [0.1, 0.15) is 11.1 Å². The van der Waals surface area contributed by atoms with Gasteiger partial charge in [0.05, 0.1) is 4.90 Å². The second-order valence-corrected chi connectivity index (χ2v) is 6.58. The summed E-state index contributed by atoms with van der Waals surface area (Å²) in [6.45, 7) is 2.38. The molecular weight excluding hydrogens is 286 g/mol. The summed E-state index contributed by atoms with van der Waals surface area (Å²) in [5.74, 6) is 0. The molecule has 2 aromatic rings. The maximum absolute atomic E-state index is 11.6. The molecule has 0 radical (unpaired) electrons. The van der Waals surface area contributed by atoms with E-state index >= 15 is 0 Å². The quantitative estimate of drug-likeness (QED) is 0.844. The zero-order chi connectivity index (χ0) is 15.6. The number of anilines is 2. The highest BCUT2D eigenvalue weighted by atomic mass is 32.2. The molecule has 0 bridgehead atoms. The maximum Gasteiger partial charge on any atom is 0.238 e. The summed E-state index contributed by atoms with van der Waals surface area (Å²) in [6.07, 6.45) is 0. The van der Waals surface area contributed by atoms with E-state index in [-0.39, 0.29) is 4.90 Å². The van der Waals surface area contributed by atoms with Crippen LogP contribution < -0.4 is 15.8 Å². The first-order valence-electron chi connectivity index (χ1n) is 6.47. The molecule has 112 valence electrons. The Morgan fingerprint density at radius 3 is 2.33 bits per heavy atom. The zero-order valence-corrected chi connectivity index (χ0v) is 12.9. The average Bonchev–Trinajstić information content (AvgIpc) is 2.40. The van der Waals surface area contributed by atoms with Crippen LogP contribution >= 0.6 is 0 Å². The molecule has 21 heavy (non-hydrogen) atoms. The minimum absolute atomic E-state index is 0.0670. The molecule has 0 aliphatic rings. The second kappa shape index (κ2) is 5.75. The molecule has 0 aromatic heterocycles. The lowest BCUT2D eigenvalue weighted by Gasteiger charge is -2.23. The van der Waals surface area contributed by atoms with E-state index in [0.717, 1.165) is 11.3 Å². The lowest BCUT2D eigenvalue weighted by molar-refractivity contribution is 0.597. The molecule has 6 heteroatoms. The van der Waals surface area contributed by atoms with Gasteiger partial charge in [-0.15, -0.1) is 0 Å². The Morgan fingerprint density at radius 2 is 1.76 bits per heavy atom. The summed E-state index contributed by atoms with van der Waals surface area (Å²) in [7, 11) is -1.90. The normalized spacial score (nSPS) is 11.4. The monoisotopic (exact) mass is 305 g/mol. The van der Waals surface area contributed by atoms with E-state index in [1.54, 1.807) is 13.0 Å². The van der Waals surface area contributed by atoms with Crippen LogP contribution in [0.15, 0.2) is 47.4 Å². The van der Waals surface area contributed by atoms with Crippen LogP contribution in [0.2, 0.25) is 0 Å². The molecule has 0 aliphatic heterocycles. The molecule has 0 unspecified atom stereocenters. The van der Waals surface area contributed by atoms with Crippen molar-refractivity contribution in [2.45, 2.75) is 18.4 Å². The molecule has 0 aliphatic carbocycles. The lowest BCUT2D eigenvalue weighted by atomic mass is 10.1. The third-order valence-electron chi connectivity index (χ3n) is 3.34. The zero-order valence-electron chi connectivity index (χ0n) is 12.1. The van der Waals surface area contributed by atoms with Crippen LogP contribution in [0.25, 0.3) is 0 Å². The number of primary sulfonamides is 1. The predicted molar refractivity (Wildman–Crippen MR) is 85.5 cm³/mol. The number of hydrogen-bond acceptors (Lipinski definition) is 4. The van der Waals surface area contributed by atoms with Crippen molar-refractivity contribution in [3.63, 3.8) is 0 Å². The van der Waals surface area contributed by atoms with Crippen LogP contribution in [-0.4, -0.2) is 15.5 Å². The van der Waals surface area contributed by atoms with Crippen LogP contribution in [0.5, 0.6) is 0 Å². The Morgan fingerprint density at radius 1 is 1.14 bits per heavy atom. The van der Waals surface area contributed by atoms with Gasteiger partial charge in [-0.2, -0.15) is 0 Å². The smallest absolute Gasteiger partial charge is 0.238 e. The highest BCUT2D eigenvalue weighted by Crippen LogP contribution is 2.29. The molecular formula is C15H19N3O2S. The van der Waals surface area contributed by atoms with E-state index in [4.69, 9.17) is 10.9 Å². The molecule has 0 saturated carbocycles. The molecule has 4 N–H and O–H groups in total. The lowest BCUT2D eigenvalue weighted by Crippen LogP contribution is -2.20. The summed E-state index contributed by atoms with van der Waals surface area (Å²) in [4.78, 5) is 2.02. The summed E-state index contributed by atoms with van der Waals surface area (Å²) >= 11 is 0. The number of hydrogen-bond donors (Lipinski definition) is 2. The molecule has 2 rings (SSSR count). The SMILES string of the molecule is Cc1c(N(C)Cc2ccccc2)cc(N)cc1S(N)(=O)=O. The van der Waals surface area contributed by atoms with Crippen molar-refractivity contribution in [1.29, 1.82) is 0 Å². The van der Waals surface area contributed by atoms with Gasteiger partial charge >= 0.3 is 0 Å². The molecule has 0 amide bonds. The largest absolute Gasteiger partial charge is 0.399 e. The summed E-state index contributed by atoms with van der Waals surface area (Å²) in [5.41, 5.74) is 8.66. The highest BCUT2D eigenvalue weighted by Gasteiger charge is 2.17. The van der Waals surface area contributed by atoms with E-state index in [9.17, 15) is 8.42 Å². The number of nitrogens with zero attached hydrogens (tertiary/aromatic N) is 1. The fourth-order valence-corrected chi connectivity index (χ4v) is 3.16. The predicted octanol–water partition coefficient (Wildman–Crippen LogP) is 1.86. The van der Waals surface area contributed by atoms with Crippen LogP contribution in [0.3, 0.4) is 0 Å². The van der Waals surface area contributed by atoms with Crippen molar-refractivity contribution in [2.75, 3.05) is 17.7 Å². The number of nitrogens with two attached hydrogens (primary N) is 2. The maximum atomic E-state index is 11.6. The van der Waals surface area contributed by atoms with Crippen LogP contribution in [-0.2, 0) is 16.6 Å². The topological polar surface area (TPSA) is 89.4 Å². The summed E-state index contributed by atoms with van der Waals surface area (Å²) in [6, 6.07) is 13.1. The van der Waals surface area contributed by atoms with Crippen LogP contribution in [0, 0.1) is 6.92 Å². The van der Waals surface area contributed by atoms with Crippen molar-refractivity contribution in [2.24, 2.45) is 5.14 Å². The van der Waals surface area contributed by atoms with Crippen LogP contribution in [0.4, 0.5) is 11.4 Å². The minimum Gasteiger partial charge on any atom is -0.399 e. The fourth-order valence-electron chi connectivity index (χ4n) is 2.33. The van der Waals surface area contributed by atoms with Gasteiger partial charge in [0, 0.05) is 25.0 Å². The van der Waals surface area contributed by atoms with Gasteiger partial charge in [0.2, 0.25) is 10.0 Å². The van der Waals surface area contributed by atoms with Gasteiger partial charge in [-0.05, 0) is 30.2 Å². The number of benzene rings is 2. The van der Waals surface area contributed by atoms with Crippen molar-refractivity contribution in [3.05, 3.63) is 53.6 Å². The minimum atomic E-state index is -3.79. The Balaban J connectivity index is 2.42. The Kier molecular flexibility index (Phi) is 4.20. The van der Waals surface area contributed by atoms with Gasteiger partial charge in [-0.1, -0.05) is 30.3 Å². The number of nitrogen functional groups attached to an aromatic ring is 1. The van der Waals surface area contributed by atoms with E-state index in [1.165, 1.54) is 6.07 Å². The molecule has 0 spiro atoms. The molecule has 0 fully saturated rings. The standard InChI is InChI=1S/C15H19N3O2S/c1-11-14(8-13(16)9-15(11)21(17,19)20)18(2)10-12-6-4-3-5-7-12/h3-9H,10,16H2,1-2H3,(H2,17,19,20). The van der Waals surface area contributed by atoms with Gasteiger partial charge in [0.25, 0.3) is 0 Å². The van der Waals surface area contributed by atoms with Crippen molar-refractivity contribution in [1.82, 2.24) is 0 Å². The number of rotatable bonds is 4. The molecule has 5 nitrogen and oxygen atoms in total. The van der Waals surface area contributed by atoms with Crippen molar-refractivity contribution >= 4 is 21.4 Å². The van der Waals surface area contributed by atoms with Gasteiger partial charge in [-0.3, -0.25) is 0 Å². The van der Waals surface area contributed by atoms with Crippen molar-refractivity contribution < 1.29 is 8.42 Å². The Hall–Kier alpha value is -2.05. The van der Waals surface area contributed by atoms with Gasteiger partial charge in [0.1, 0.15) is 0 Å². The van der Waals surface area contributed by atoms with Gasteiger partial charge < -0.3 is 10.6 Å².